The minimum Gasteiger partial charge on any atom is -0.412 e. The molecular weight excluding hydrogens is 184 g/mol. The van der Waals surface area contributed by atoms with Crippen molar-refractivity contribution in [2.75, 3.05) is 13.2 Å². The van der Waals surface area contributed by atoms with Crippen molar-refractivity contribution in [3.8, 4) is 0 Å². The minimum absolute atomic E-state index is 0. The normalized spacial score (nSPS) is 19.8. The Labute approximate surface area is 74.8 Å². The molecule has 0 aromatic carbocycles. The van der Waals surface area contributed by atoms with Gasteiger partial charge in [-0.15, -0.1) is 0 Å². The zero-order valence-corrected chi connectivity index (χ0v) is 6.91. The van der Waals surface area contributed by atoms with Crippen molar-refractivity contribution >= 4 is 0 Å². The maximum absolute atomic E-state index is 8.96. The van der Waals surface area contributed by atoms with Gasteiger partial charge in [0.05, 0.1) is 13.2 Å². The van der Waals surface area contributed by atoms with Crippen LogP contribution in [0.15, 0.2) is 0 Å². The van der Waals surface area contributed by atoms with E-state index in [-0.39, 0.29) is 5.48 Å². The summed E-state index contributed by atoms with van der Waals surface area (Å²) in [6.45, 7) is -1.45. The van der Waals surface area contributed by atoms with Crippen LogP contribution in [0.3, 0.4) is 0 Å². The first-order valence-electron chi connectivity index (χ1n) is 3.48. The van der Waals surface area contributed by atoms with Gasteiger partial charge in [-0.05, 0) is 0 Å². The molecule has 0 aliphatic heterocycles. The number of hydrogen-bond acceptors (Lipinski definition) is 6. The van der Waals surface area contributed by atoms with Crippen molar-refractivity contribution in [1.82, 2.24) is 0 Å². The van der Waals surface area contributed by atoms with Crippen LogP contribution in [0.4, 0.5) is 0 Å². The van der Waals surface area contributed by atoms with Crippen LogP contribution >= 0.6 is 0 Å². The van der Waals surface area contributed by atoms with Crippen LogP contribution in [0.2, 0.25) is 0 Å². The Morgan fingerprint density at radius 3 is 1.08 bits per heavy atom. The van der Waals surface area contributed by atoms with Crippen LogP contribution in [0, 0.1) is 0 Å². The molecule has 0 aromatic rings. The van der Waals surface area contributed by atoms with Gasteiger partial charge in [0.2, 0.25) is 0 Å². The third-order valence-electron chi connectivity index (χ3n) is 1.51. The summed E-state index contributed by atoms with van der Waals surface area (Å²) in [5, 5.41) is 52.2. The molecule has 0 spiro atoms. The standard InChI is InChI=1S/C6H14O6.H2O/c7-1-3(9)5(11)6(12)4(10)2-8;/h3-12H,1-2H2;1H2/t3-,4+,5-,6-;/m0./s1. The third-order valence-corrected chi connectivity index (χ3v) is 1.51. The van der Waals surface area contributed by atoms with Crippen LogP contribution in [0.1, 0.15) is 0 Å². The fourth-order valence-electron chi connectivity index (χ4n) is 0.671. The molecule has 8 N–H and O–H groups in total. The van der Waals surface area contributed by atoms with E-state index in [1.165, 1.54) is 0 Å². The van der Waals surface area contributed by atoms with Gasteiger partial charge in [-0.3, -0.25) is 0 Å². The van der Waals surface area contributed by atoms with Crippen molar-refractivity contribution in [1.29, 1.82) is 0 Å². The molecule has 4 atom stereocenters. The number of aliphatic hydroxyl groups is 6. The lowest BCUT2D eigenvalue weighted by molar-refractivity contribution is -0.123. The fourth-order valence-corrected chi connectivity index (χ4v) is 0.671. The molecule has 7 nitrogen and oxygen atoms in total. The first-order chi connectivity index (χ1) is 5.54. The van der Waals surface area contributed by atoms with E-state index in [0.717, 1.165) is 0 Å². The molecule has 0 saturated heterocycles. The Morgan fingerprint density at radius 1 is 0.692 bits per heavy atom. The summed E-state index contributed by atoms with van der Waals surface area (Å²) >= 11 is 0. The number of hydrogen-bond donors (Lipinski definition) is 6. The number of aliphatic hydroxyl groups excluding tert-OH is 6. The smallest absolute Gasteiger partial charge is 0.111 e. The van der Waals surface area contributed by atoms with Crippen molar-refractivity contribution < 1.29 is 36.1 Å². The highest BCUT2D eigenvalue weighted by molar-refractivity contribution is 4.79. The largest absolute Gasteiger partial charge is 0.412 e. The van der Waals surface area contributed by atoms with Crippen LogP contribution in [0.25, 0.3) is 0 Å². The molecule has 0 bridgehead atoms. The Hall–Kier alpha value is -0.280. The number of rotatable bonds is 5. The Balaban J connectivity index is 0. The molecule has 0 rings (SSSR count). The molecule has 0 amide bonds. The molecule has 0 heterocycles. The molecule has 13 heavy (non-hydrogen) atoms. The summed E-state index contributed by atoms with van der Waals surface area (Å²) in [5.74, 6) is 0. The second-order valence-corrected chi connectivity index (χ2v) is 2.48. The molecule has 0 aliphatic rings. The lowest BCUT2D eigenvalue weighted by Crippen LogP contribution is -2.46. The van der Waals surface area contributed by atoms with Gasteiger partial charge in [0.25, 0.3) is 0 Å². The molecule has 7 heteroatoms. The van der Waals surface area contributed by atoms with E-state index in [0.29, 0.717) is 0 Å². The van der Waals surface area contributed by atoms with Gasteiger partial charge in [0.15, 0.2) is 0 Å². The molecule has 0 unspecified atom stereocenters. The molecule has 0 saturated carbocycles. The van der Waals surface area contributed by atoms with Gasteiger partial charge in [-0.1, -0.05) is 0 Å². The van der Waals surface area contributed by atoms with Crippen LogP contribution in [0.5, 0.6) is 0 Å². The SMILES string of the molecule is O.OC[C@@H](O)[C@H](O)[C@@H](O)[C@@H](O)CO. The van der Waals surface area contributed by atoms with Crippen molar-refractivity contribution in [2.45, 2.75) is 24.4 Å². The van der Waals surface area contributed by atoms with Crippen LogP contribution in [-0.4, -0.2) is 73.7 Å². The molecular formula is C6H16O7. The summed E-state index contributed by atoms with van der Waals surface area (Å²) in [6.07, 6.45) is -6.39. The summed E-state index contributed by atoms with van der Waals surface area (Å²) in [5.41, 5.74) is 0. The van der Waals surface area contributed by atoms with E-state index < -0.39 is 37.6 Å². The van der Waals surface area contributed by atoms with E-state index in [9.17, 15) is 0 Å². The fraction of sp³-hybridized carbons (Fsp3) is 1.00. The predicted molar refractivity (Wildman–Crippen MR) is 41.8 cm³/mol. The first-order valence-corrected chi connectivity index (χ1v) is 3.48. The lowest BCUT2D eigenvalue weighted by Gasteiger charge is -2.24. The Bertz CT molecular complexity index is 106. The highest BCUT2D eigenvalue weighted by Crippen LogP contribution is 2.03. The zero-order valence-electron chi connectivity index (χ0n) is 6.91. The van der Waals surface area contributed by atoms with Gasteiger partial charge < -0.3 is 36.1 Å². The average Bonchev–Trinajstić information content (AvgIpc) is 2.12. The van der Waals surface area contributed by atoms with E-state index in [4.69, 9.17) is 30.6 Å². The molecule has 0 aliphatic carbocycles. The van der Waals surface area contributed by atoms with Crippen molar-refractivity contribution in [2.24, 2.45) is 0 Å². The first kappa shape index (κ1) is 15.2. The van der Waals surface area contributed by atoms with E-state index in [1.807, 2.05) is 0 Å². The molecule has 0 fully saturated rings. The Morgan fingerprint density at radius 2 is 0.923 bits per heavy atom. The van der Waals surface area contributed by atoms with Gasteiger partial charge in [0.1, 0.15) is 24.4 Å². The Kier molecular flexibility index (Phi) is 8.37. The average molecular weight is 200 g/mol. The van der Waals surface area contributed by atoms with Crippen molar-refractivity contribution in [3.05, 3.63) is 0 Å². The monoisotopic (exact) mass is 200 g/mol. The predicted octanol–water partition coefficient (Wildman–Crippen LogP) is -4.41. The van der Waals surface area contributed by atoms with Gasteiger partial charge >= 0.3 is 0 Å². The quantitative estimate of drug-likeness (QED) is 0.263. The maximum atomic E-state index is 8.96. The third kappa shape index (κ3) is 4.48. The van der Waals surface area contributed by atoms with Gasteiger partial charge in [0, 0.05) is 0 Å². The summed E-state index contributed by atoms with van der Waals surface area (Å²) in [4.78, 5) is 0. The van der Waals surface area contributed by atoms with E-state index in [2.05, 4.69) is 0 Å². The lowest BCUT2D eigenvalue weighted by atomic mass is 10.0. The van der Waals surface area contributed by atoms with E-state index >= 15 is 0 Å². The van der Waals surface area contributed by atoms with Gasteiger partial charge in [-0.2, -0.15) is 0 Å². The zero-order chi connectivity index (χ0) is 9.72. The highest BCUT2D eigenvalue weighted by Gasteiger charge is 2.29. The second kappa shape index (κ2) is 7.15. The van der Waals surface area contributed by atoms with Crippen LogP contribution in [-0.2, 0) is 0 Å². The van der Waals surface area contributed by atoms with Gasteiger partial charge in [-0.25, -0.2) is 0 Å². The molecule has 0 aromatic heterocycles. The highest BCUT2D eigenvalue weighted by atomic mass is 16.4. The molecule has 0 radical (unpaired) electrons. The summed E-state index contributed by atoms with van der Waals surface area (Å²) in [6, 6.07) is 0. The molecule has 82 valence electrons. The van der Waals surface area contributed by atoms with Crippen molar-refractivity contribution in [3.63, 3.8) is 0 Å². The summed E-state index contributed by atoms with van der Waals surface area (Å²) in [7, 11) is 0. The summed E-state index contributed by atoms with van der Waals surface area (Å²) < 4.78 is 0. The van der Waals surface area contributed by atoms with Crippen LogP contribution < -0.4 is 0 Å². The second-order valence-electron chi connectivity index (χ2n) is 2.48. The van der Waals surface area contributed by atoms with E-state index in [1.54, 1.807) is 0 Å². The minimum atomic E-state index is -1.67. The topological polar surface area (TPSA) is 153 Å². The maximum Gasteiger partial charge on any atom is 0.111 e.